The minimum absolute atomic E-state index is 0.312. The molecule has 0 radical (unpaired) electrons. The molecule has 102 valence electrons. The van der Waals surface area contributed by atoms with Gasteiger partial charge in [-0.2, -0.15) is 11.8 Å². The maximum atomic E-state index is 13.9. The molecule has 0 saturated carbocycles. The van der Waals surface area contributed by atoms with Gasteiger partial charge in [-0.25, -0.2) is 10.2 Å². The van der Waals surface area contributed by atoms with Gasteiger partial charge in [0.05, 0.1) is 4.88 Å². The number of halogens is 1. The average molecular weight is 299 g/mol. The molecule has 4 nitrogen and oxygen atoms in total. The molecule has 2 rings (SSSR count). The molecule has 0 bridgehead atoms. The number of thiophene rings is 1. The van der Waals surface area contributed by atoms with Gasteiger partial charge in [0.15, 0.2) is 0 Å². The summed E-state index contributed by atoms with van der Waals surface area (Å²) in [7, 11) is 0. The molecule has 0 saturated heterocycles. The van der Waals surface area contributed by atoms with E-state index in [2.05, 4.69) is 5.43 Å². The number of rotatable bonds is 5. The standard InChI is InChI=1S/C12H14FN3OS2/c13-8-2-1-3-9-10(8)7(6-18-5-4-14)11(19-9)12(17)16-15/h1-3H,4-6,14-15H2,(H,16,17). The fraction of sp³-hybridized carbons (Fsp3) is 0.250. The molecule has 1 aromatic heterocycles. The second-order valence-corrected chi connectivity index (χ2v) is 5.99. The van der Waals surface area contributed by atoms with E-state index in [-0.39, 0.29) is 11.7 Å². The number of nitrogens with two attached hydrogens (primary N) is 2. The molecule has 0 fully saturated rings. The summed E-state index contributed by atoms with van der Waals surface area (Å²) in [5, 5.41) is 0.510. The Morgan fingerprint density at radius 3 is 2.95 bits per heavy atom. The highest BCUT2D eigenvalue weighted by Crippen LogP contribution is 2.35. The second kappa shape index (κ2) is 6.33. The largest absolute Gasteiger partial charge is 0.330 e. The SMILES string of the molecule is NCCSCc1c(C(=O)NN)sc2cccc(F)c12. The molecule has 2 aromatic rings. The van der Waals surface area contributed by atoms with Crippen LogP contribution in [-0.4, -0.2) is 18.2 Å². The zero-order valence-corrected chi connectivity index (χ0v) is 11.7. The summed E-state index contributed by atoms with van der Waals surface area (Å²) in [4.78, 5) is 12.2. The number of hydrazine groups is 1. The highest BCUT2D eigenvalue weighted by Gasteiger charge is 2.19. The Labute approximate surface area is 118 Å². The van der Waals surface area contributed by atoms with Crippen LogP contribution in [0.4, 0.5) is 4.39 Å². The lowest BCUT2D eigenvalue weighted by Gasteiger charge is -2.04. The normalized spacial score (nSPS) is 10.9. The van der Waals surface area contributed by atoms with Crippen molar-refractivity contribution in [1.29, 1.82) is 0 Å². The van der Waals surface area contributed by atoms with Crippen molar-refractivity contribution in [3.63, 3.8) is 0 Å². The van der Waals surface area contributed by atoms with Crippen LogP contribution < -0.4 is 17.0 Å². The summed E-state index contributed by atoms with van der Waals surface area (Å²) in [6.45, 7) is 0.549. The van der Waals surface area contributed by atoms with E-state index >= 15 is 0 Å². The molecule has 1 aromatic carbocycles. The van der Waals surface area contributed by atoms with Crippen molar-refractivity contribution in [2.45, 2.75) is 5.75 Å². The molecule has 19 heavy (non-hydrogen) atoms. The molecule has 1 heterocycles. The number of thioether (sulfide) groups is 1. The second-order valence-electron chi connectivity index (χ2n) is 3.84. The van der Waals surface area contributed by atoms with Gasteiger partial charge in [0.1, 0.15) is 5.82 Å². The zero-order valence-electron chi connectivity index (χ0n) is 10.1. The van der Waals surface area contributed by atoms with E-state index in [1.54, 1.807) is 23.9 Å². The molecule has 0 unspecified atom stereocenters. The lowest BCUT2D eigenvalue weighted by molar-refractivity contribution is 0.0957. The van der Waals surface area contributed by atoms with Crippen molar-refractivity contribution < 1.29 is 9.18 Å². The number of hydrogen-bond acceptors (Lipinski definition) is 5. The third-order valence-corrected chi connectivity index (χ3v) is 4.82. The van der Waals surface area contributed by atoms with E-state index in [9.17, 15) is 9.18 Å². The van der Waals surface area contributed by atoms with Gasteiger partial charge in [0.2, 0.25) is 0 Å². The quantitative estimate of drug-likeness (QED) is 0.340. The summed E-state index contributed by atoms with van der Waals surface area (Å²) in [5.74, 6) is 5.78. The molecule has 7 heteroatoms. The van der Waals surface area contributed by atoms with E-state index in [0.29, 0.717) is 28.1 Å². The molecule has 0 aliphatic carbocycles. The average Bonchev–Trinajstić information content (AvgIpc) is 2.78. The summed E-state index contributed by atoms with van der Waals surface area (Å²) < 4.78 is 14.7. The number of fused-ring (bicyclic) bond motifs is 1. The summed E-state index contributed by atoms with van der Waals surface area (Å²) >= 11 is 2.82. The van der Waals surface area contributed by atoms with E-state index in [0.717, 1.165) is 10.5 Å². The van der Waals surface area contributed by atoms with Crippen LogP contribution in [0.2, 0.25) is 0 Å². The molecular formula is C12H14FN3OS2. The molecular weight excluding hydrogens is 285 g/mol. The predicted octanol–water partition coefficient (Wildman–Crippen LogP) is 1.84. The summed E-state index contributed by atoms with van der Waals surface area (Å²) in [5.41, 5.74) is 8.24. The van der Waals surface area contributed by atoms with Crippen molar-refractivity contribution in [3.8, 4) is 0 Å². The van der Waals surface area contributed by atoms with Crippen molar-refractivity contribution in [1.82, 2.24) is 5.43 Å². The molecule has 5 N–H and O–H groups in total. The Bertz CT molecular complexity index is 600. The van der Waals surface area contributed by atoms with Crippen LogP contribution in [0.25, 0.3) is 10.1 Å². The van der Waals surface area contributed by atoms with E-state index in [1.807, 2.05) is 0 Å². The van der Waals surface area contributed by atoms with Gasteiger partial charge >= 0.3 is 0 Å². The minimum atomic E-state index is -0.385. The number of carbonyl (C=O) groups excluding carboxylic acids is 1. The van der Waals surface area contributed by atoms with E-state index < -0.39 is 0 Å². The van der Waals surface area contributed by atoms with Gasteiger partial charge in [0.25, 0.3) is 5.91 Å². The van der Waals surface area contributed by atoms with E-state index in [1.165, 1.54) is 17.4 Å². The van der Waals surface area contributed by atoms with Crippen LogP contribution in [0.1, 0.15) is 15.2 Å². The molecule has 0 atom stereocenters. The highest BCUT2D eigenvalue weighted by atomic mass is 32.2. The van der Waals surface area contributed by atoms with Crippen molar-refractivity contribution in [2.24, 2.45) is 11.6 Å². The van der Waals surface area contributed by atoms with Crippen LogP contribution in [0, 0.1) is 5.82 Å². The van der Waals surface area contributed by atoms with Crippen LogP contribution in [0.15, 0.2) is 18.2 Å². The van der Waals surface area contributed by atoms with Gasteiger partial charge in [-0.05, 0) is 17.7 Å². The van der Waals surface area contributed by atoms with Gasteiger partial charge in [-0.15, -0.1) is 11.3 Å². The minimum Gasteiger partial charge on any atom is -0.330 e. The molecule has 0 spiro atoms. The first kappa shape index (κ1) is 14.3. The summed E-state index contributed by atoms with van der Waals surface area (Å²) in [6, 6.07) is 4.83. The van der Waals surface area contributed by atoms with Gasteiger partial charge < -0.3 is 5.73 Å². The molecule has 0 aliphatic heterocycles. The number of nitrogens with one attached hydrogen (secondary N) is 1. The fourth-order valence-corrected chi connectivity index (χ4v) is 3.85. The van der Waals surface area contributed by atoms with Crippen LogP contribution in [0.5, 0.6) is 0 Å². The number of benzene rings is 1. The first-order valence-electron chi connectivity index (χ1n) is 5.67. The van der Waals surface area contributed by atoms with Crippen LogP contribution in [-0.2, 0) is 5.75 Å². The molecule has 1 amide bonds. The lowest BCUT2D eigenvalue weighted by Crippen LogP contribution is -2.29. The topological polar surface area (TPSA) is 81.1 Å². The van der Waals surface area contributed by atoms with Crippen molar-refractivity contribution >= 4 is 39.1 Å². The fourth-order valence-electron chi connectivity index (χ4n) is 1.81. The van der Waals surface area contributed by atoms with Crippen LogP contribution >= 0.6 is 23.1 Å². The van der Waals surface area contributed by atoms with E-state index in [4.69, 9.17) is 11.6 Å². The Morgan fingerprint density at radius 1 is 1.47 bits per heavy atom. The highest BCUT2D eigenvalue weighted by molar-refractivity contribution is 7.98. The first-order chi connectivity index (χ1) is 9.19. The zero-order chi connectivity index (χ0) is 13.8. The lowest BCUT2D eigenvalue weighted by atomic mass is 10.1. The first-order valence-corrected chi connectivity index (χ1v) is 7.64. The number of hydrogen-bond donors (Lipinski definition) is 3. The van der Waals surface area contributed by atoms with Gasteiger partial charge in [-0.3, -0.25) is 10.2 Å². The maximum Gasteiger partial charge on any atom is 0.275 e. The predicted molar refractivity (Wildman–Crippen MR) is 78.7 cm³/mol. The van der Waals surface area contributed by atoms with Crippen LogP contribution in [0.3, 0.4) is 0 Å². The monoisotopic (exact) mass is 299 g/mol. The third-order valence-electron chi connectivity index (χ3n) is 2.61. The Kier molecular flexibility index (Phi) is 4.76. The van der Waals surface area contributed by atoms with Crippen molar-refractivity contribution in [3.05, 3.63) is 34.5 Å². The van der Waals surface area contributed by atoms with Gasteiger partial charge in [0, 0.05) is 28.1 Å². The Morgan fingerprint density at radius 2 is 2.26 bits per heavy atom. The van der Waals surface area contributed by atoms with Crippen molar-refractivity contribution in [2.75, 3.05) is 12.3 Å². The Hall–Kier alpha value is -1.15. The number of amides is 1. The maximum absolute atomic E-state index is 13.9. The summed E-state index contributed by atoms with van der Waals surface area (Å²) in [6.07, 6.45) is 0. The Balaban J connectivity index is 2.50. The molecule has 0 aliphatic rings. The number of nitrogen functional groups attached to an aromatic ring is 1. The smallest absolute Gasteiger partial charge is 0.275 e. The number of carbonyl (C=O) groups is 1. The van der Waals surface area contributed by atoms with Gasteiger partial charge in [-0.1, -0.05) is 6.07 Å². The third kappa shape index (κ3) is 2.89.